The van der Waals surface area contributed by atoms with Gasteiger partial charge in [0.15, 0.2) is 0 Å². The second-order valence-corrected chi connectivity index (χ2v) is 9.33. The van der Waals surface area contributed by atoms with Crippen molar-refractivity contribution in [1.82, 2.24) is 23.3 Å². The van der Waals surface area contributed by atoms with E-state index in [4.69, 9.17) is 0 Å². The Kier molecular flexibility index (Phi) is 5.74. The number of halogens is 1. The lowest BCUT2D eigenvalue weighted by atomic mass is 10.1. The molecular formula is C21H18IN7OS. The summed E-state index contributed by atoms with van der Waals surface area (Å²) < 4.78 is 2.26. The van der Waals surface area contributed by atoms with Crippen LogP contribution in [0.4, 0.5) is 11.6 Å². The van der Waals surface area contributed by atoms with Crippen LogP contribution in [-0.4, -0.2) is 55.4 Å². The summed E-state index contributed by atoms with van der Waals surface area (Å²) >= 11 is 3.83. The van der Waals surface area contributed by atoms with Gasteiger partial charge in [0.2, 0.25) is 0 Å². The maximum Gasteiger partial charge on any atom is 0.257 e. The summed E-state index contributed by atoms with van der Waals surface area (Å²) in [7, 11) is 0. The van der Waals surface area contributed by atoms with Gasteiger partial charge < -0.3 is 10.2 Å². The quantitative estimate of drug-likeness (QED) is 0.309. The topological polar surface area (TPSA) is 87.1 Å². The van der Waals surface area contributed by atoms with Crippen LogP contribution in [0.5, 0.6) is 0 Å². The standard InChI is InChI=1S/C21H18IN7OS/c22-29-7-5-28(6-8-29)19-11-14(3-4-23-19)20(30)26-18-10-17-9-15(21-27-25-13-31-21)1-2-16(17)12-24-18/h1-4,9-13H,5-8H2,(H,24,26,30). The molecule has 0 unspecified atom stereocenters. The third-order valence-corrected chi connectivity index (χ3v) is 6.83. The summed E-state index contributed by atoms with van der Waals surface area (Å²) in [5.41, 5.74) is 3.26. The van der Waals surface area contributed by atoms with Crippen molar-refractivity contribution in [2.75, 3.05) is 36.4 Å². The molecule has 0 radical (unpaired) electrons. The van der Waals surface area contributed by atoms with E-state index in [0.29, 0.717) is 11.4 Å². The second kappa shape index (κ2) is 8.81. The lowest BCUT2D eigenvalue weighted by Crippen LogP contribution is -2.42. The molecule has 1 aliphatic rings. The fourth-order valence-corrected chi connectivity index (χ4v) is 4.46. The number of benzene rings is 1. The van der Waals surface area contributed by atoms with Gasteiger partial charge in [0.25, 0.3) is 5.91 Å². The van der Waals surface area contributed by atoms with Crippen molar-refractivity contribution in [3.63, 3.8) is 0 Å². The molecule has 1 aliphatic heterocycles. The van der Waals surface area contributed by atoms with Crippen molar-refractivity contribution in [2.45, 2.75) is 0 Å². The Morgan fingerprint density at radius 2 is 1.90 bits per heavy atom. The molecule has 1 amide bonds. The number of nitrogens with one attached hydrogen (secondary N) is 1. The zero-order chi connectivity index (χ0) is 21.2. The number of carbonyl (C=O) groups is 1. The van der Waals surface area contributed by atoms with Gasteiger partial charge in [0, 0.05) is 78.0 Å². The van der Waals surface area contributed by atoms with Crippen LogP contribution in [0.25, 0.3) is 21.3 Å². The minimum absolute atomic E-state index is 0.205. The largest absolute Gasteiger partial charge is 0.354 e. The minimum Gasteiger partial charge on any atom is -0.354 e. The summed E-state index contributed by atoms with van der Waals surface area (Å²) in [6.45, 7) is 3.73. The van der Waals surface area contributed by atoms with Crippen molar-refractivity contribution in [2.24, 2.45) is 0 Å². The van der Waals surface area contributed by atoms with E-state index in [-0.39, 0.29) is 5.91 Å². The number of pyridine rings is 2. The van der Waals surface area contributed by atoms with Gasteiger partial charge in [-0.25, -0.2) is 13.1 Å². The van der Waals surface area contributed by atoms with Gasteiger partial charge in [0.05, 0.1) is 0 Å². The molecule has 1 fully saturated rings. The van der Waals surface area contributed by atoms with E-state index in [0.717, 1.165) is 53.3 Å². The maximum atomic E-state index is 12.9. The molecule has 8 nitrogen and oxygen atoms in total. The third kappa shape index (κ3) is 4.50. The minimum atomic E-state index is -0.205. The molecule has 4 aromatic rings. The van der Waals surface area contributed by atoms with Crippen LogP contribution >= 0.6 is 34.2 Å². The van der Waals surface area contributed by atoms with Crippen LogP contribution in [0.2, 0.25) is 0 Å². The highest BCUT2D eigenvalue weighted by Gasteiger charge is 2.17. The molecular weight excluding hydrogens is 525 g/mol. The fraction of sp³-hybridized carbons (Fsp3) is 0.190. The van der Waals surface area contributed by atoms with Gasteiger partial charge >= 0.3 is 0 Å². The number of hydrogen-bond donors (Lipinski definition) is 1. The zero-order valence-electron chi connectivity index (χ0n) is 16.4. The number of fused-ring (bicyclic) bond motifs is 1. The van der Waals surface area contributed by atoms with Crippen LogP contribution in [0.1, 0.15) is 10.4 Å². The van der Waals surface area contributed by atoms with Crippen molar-refractivity contribution in [3.05, 3.63) is 59.9 Å². The molecule has 1 N–H and O–H groups in total. The van der Waals surface area contributed by atoms with Gasteiger partial charge in [-0.05, 0) is 29.7 Å². The first-order valence-electron chi connectivity index (χ1n) is 9.75. The average Bonchev–Trinajstić information content (AvgIpc) is 3.34. The SMILES string of the molecule is O=C(Nc1cc2cc(-c3nncs3)ccc2cn1)c1ccnc(N2CCN(I)CC2)c1. The average molecular weight is 543 g/mol. The van der Waals surface area contributed by atoms with E-state index < -0.39 is 0 Å². The van der Waals surface area contributed by atoms with Gasteiger partial charge in [-0.15, -0.1) is 10.2 Å². The second-order valence-electron chi connectivity index (χ2n) is 7.13. The van der Waals surface area contributed by atoms with Crippen LogP contribution < -0.4 is 10.2 Å². The summed E-state index contributed by atoms with van der Waals surface area (Å²) in [4.78, 5) is 23.9. The molecule has 0 atom stereocenters. The molecule has 0 bridgehead atoms. The van der Waals surface area contributed by atoms with E-state index in [1.807, 2.05) is 30.3 Å². The molecule has 0 spiro atoms. The lowest BCUT2D eigenvalue weighted by molar-refractivity contribution is 0.102. The number of rotatable bonds is 4. The van der Waals surface area contributed by atoms with E-state index in [1.54, 1.807) is 24.0 Å². The fourth-order valence-electron chi connectivity index (χ4n) is 3.47. The summed E-state index contributed by atoms with van der Waals surface area (Å²) in [5, 5.41) is 13.8. The van der Waals surface area contributed by atoms with E-state index in [9.17, 15) is 4.79 Å². The number of anilines is 2. The van der Waals surface area contributed by atoms with E-state index in [2.05, 4.69) is 56.4 Å². The highest BCUT2D eigenvalue weighted by molar-refractivity contribution is 14.1. The molecule has 10 heteroatoms. The molecule has 0 aliphatic carbocycles. The maximum absolute atomic E-state index is 12.9. The van der Waals surface area contributed by atoms with Crippen LogP contribution in [0.3, 0.4) is 0 Å². The third-order valence-electron chi connectivity index (χ3n) is 5.13. The Bertz CT molecular complexity index is 1230. The Balaban J connectivity index is 1.35. The Hall–Kier alpha value is -2.70. The summed E-state index contributed by atoms with van der Waals surface area (Å²) in [5.74, 6) is 1.12. The first-order chi connectivity index (χ1) is 15.2. The summed E-state index contributed by atoms with van der Waals surface area (Å²) in [6, 6.07) is 11.5. The molecule has 4 heterocycles. The number of hydrogen-bond acceptors (Lipinski definition) is 8. The molecule has 5 rings (SSSR count). The van der Waals surface area contributed by atoms with E-state index in [1.165, 1.54) is 11.3 Å². The highest BCUT2D eigenvalue weighted by atomic mass is 127. The Labute approximate surface area is 196 Å². The van der Waals surface area contributed by atoms with Crippen molar-refractivity contribution in [1.29, 1.82) is 0 Å². The van der Waals surface area contributed by atoms with Crippen molar-refractivity contribution < 1.29 is 4.79 Å². The number of amides is 1. The molecule has 31 heavy (non-hydrogen) atoms. The predicted octanol–water partition coefficient (Wildman–Crippen LogP) is 3.87. The Morgan fingerprint density at radius 3 is 2.71 bits per heavy atom. The molecule has 0 saturated carbocycles. The Morgan fingerprint density at radius 1 is 1.03 bits per heavy atom. The number of nitrogens with zero attached hydrogens (tertiary/aromatic N) is 6. The van der Waals surface area contributed by atoms with Gasteiger partial charge in [-0.2, -0.15) is 0 Å². The first-order valence-corrected chi connectivity index (χ1v) is 11.6. The molecule has 3 aromatic heterocycles. The number of carbonyl (C=O) groups excluding carboxylic acids is 1. The summed E-state index contributed by atoms with van der Waals surface area (Å²) in [6.07, 6.45) is 3.44. The normalized spacial score (nSPS) is 14.7. The van der Waals surface area contributed by atoms with Crippen LogP contribution in [0.15, 0.2) is 54.3 Å². The van der Waals surface area contributed by atoms with Crippen LogP contribution in [0, 0.1) is 0 Å². The number of aromatic nitrogens is 4. The van der Waals surface area contributed by atoms with Crippen LogP contribution in [-0.2, 0) is 0 Å². The molecule has 1 saturated heterocycles. The molecule has 156 valence electrons. The van der Waals surface area contributed by atoms with Crippen molar-refractivity contribution in [3.8, 4) is 10.6 Å². The number of piperazine rings is 1. The smallest absolute Gasteiger partial charge is 0.257 e. The zero-order valence-corrected chi connectivity index (χ0v) is 19.4. The van der Waals surface area contributed by atoms with Gasteiger partial charge in [-0.3, -0.25) is 4.79 Å². The first kappa shape index (κ1) is 20.2. The van der Waals surface area contributed by atoms with Gasteiger partial charge in [0.1, 0.15) is 22.2 Å². The molecule has 1 aromatic carbocycles. The predicted molar refractivity (Wildman–Crippen MR) is 131 cm³/mol. The lowest BCUT2D eigenvalue weighted by Gasteiger charge is -2.32. The van der Waals surface area contributed by atoms with Crippen molar-refractivity contribution >= 4 is 62.5 Å². The monoisotopic (exact) mass is 543 g/mol. The van der Waals surface area contributed by atoms with E-state index >= 15 is 0 Å². The highest BCUT2D eigenvalue weighted by Crippen LogP contribution is 2.26. The van der Waals surface area contributed by atoms with Gasteiger partial charge in [-0.1, -0.05) is 23.5 Å².